The fraction of sp³-hybridized carbons (Fsp3) is 0.300. The molecule has 80 valence electrons. The Hall–Kier alpha value is -1.29. The number of aryl methyl sites for hydroxylation is 1. The lowest BCUT2D eigenvalue weighted by Crippen LogP contribution is -2.26. The Balaban J connectivity index is 2.41. The molecule has 0 aromatic heterocycles. The van der Waals surface area contributed by atoms with E-state index < -0.39 is 5.82 Å². The molecule has 0 saturated carbocycles. The van der Waals surface area contributed by atoms with Crippen molar-refractivity contribution in [2.24, 2.45) is 0 Å². The van der Waals surface area contributed by atoms with Crippen molar-refractivity contribution < 1.29 is 13.9 Å². The molecule has 15 heavy (non-hydrogen) atoms. The summed E-state index contributed by atoms with van der Waals surface area (Å²) < 4.78 is 18.8. The van der Waals surface area contributed by atoms with Crippen LogP contribution in [0.3, 0.4) is 0 Å². The number of hydrogen-bond donors (Lipinski definition) is 1. The fourth-order valence-corrected chi connectivity index (χ4v) is 1.66. The average molecular weight is 230 g/mol. The number of anilines is 1. The van der Waals surface area contributed by atoms with Gasteiger partial charge in [-0.15, -0.1) is 11.6 Å². The van der Waals surface area contributed by atoms with Crippen LogP contribution >= 0.6 is 11.6 Å². The minimum Gasteiger partial charge on any atom is -0.481 e. The monoisotopic (exact) mass is 229 g/mol. The lowest BCUT2D eigenvalue weighted by molar-refractivity contribution is -0.118. The molecule has 1 heterocycles. The lowest BCUT2D eigenvalue weighted by Gasteiger charge is -2.19. The van der Waals surface area contributed by atoms with E-state index in [4.69, 9.17) is 16.3 Å². The molecule has 3 nitrogen and oxygen atoms in total. The molecule has 1 aromatic rings. The van der Waals surface area contributed by atoms with E-state index >= 15 is 0 Å². The maximum Gasteiger partial charge on any atom is 0.262 e. The Kier molecular flexibility index (Phi) is 2.77. The van der Waals surface area contributed by atoms with Crippen LogP contribution in [0.2, 0.25) is 0 Å². The third-order valence-corrected chi connectivity index (χ3v) is 2.36. The quantitative estimate of drug-likeness (QED) is 0.787. The van der Waals surface area contributed by atoms with Crippen LogP contribution in [0.4, 0.5) is 10.1 Å². The third-order valence-electron chi connectivity index (χ3n) is 2.17. The summed E-state index contributed by atoms with van der Waals surface area (Å²) in [6.45, 7) is -0.0682. The van der Waals surface area contributed by atoms with Gasteiger partial charge in [-0.2, -0.15) is 0 Å². The number of carbonyl (C=O) groups excluding carboxylic acids is 1. The third kappa shape index (κ3) is 1.90. The largest absolute Gasteiger partial charge is 0.481 e. The first kappa shape index (κ1) is 10.2. The minimum atomic E-state index is -0.457. The predicted octanol–water partition coefficient (Wildman–Crippen LogP) is 1.94. The highest BCUT2D eigenvalue weighted by atomic mass is 35.5. The number of alkyl halides is 1. The van der Waals surface area contributed by atoms with Crippen LogP contribution in [0.15, 0.2) is 12.1 Å². The number of carbonyl (C=O) groups is 1. The molecule has 1 amide bonds. The van der Waals surface area contributed by atoms with Gasteiger partial charge in [-0.3, -0.25) is 4.79 Å². The first-order valence-corrected chi connectivity index (χ1v) is 5.06. The molecule has 1 aliphatic heterocycles. The standard InChI is InChI=1S/C10H9ClFNO2/c11-4-3-6-1-2-7-10(9(6)12)13-8(14)5-15-7/h1-2H,3-5H2,(H,13,14). The van der Waals surface area contributed by atoms with E-state index in [2.05, 4.69) is 5.32 Å². The number of hydrogen-bond acceptors (Lipinski definition) is 2. The second kappa shape index (κ2) is 4.06. The van der Waals surface area contributed by atoms with Gasteiger partial charge in [0, 0.05) is 5.88 Å². The second-order valence-corrected chi connectivity index (χ2v) is 3.57. The second-order valence-electron chi connectivity index (χ2n) is 3.19. The van der Waals surface area contributed by atoms with Gasteiger partial charge in [-0.05, 0) is 18.1 Å². The van der Waals surface area contributed by atoms with E-state index in [9.17, 15) is 9.18 Å². The van der Waals surface area contributed by atoms with Crippen LogP contribution in [-0.2, 0) is 11.2 Å². The van der Waals surface area contributed by atoms with Gasteiger partial charge in [0.15, 0.2) is 12.4 Å². The highest BCUT2D eigenvalue weighted by Gasteiger charge is 2.21. The molecule has 0 aliphatic carbocycles. The number of ether oxygens (including phenoxy) is 1. The van der Waals surface area contributed by atoms with Crippen molar-refractivity contribution in [2.45, 2.75) is 6.42 Å². The maximum atomic E-state index is 13.8. The van der Waals surface area contributed by atoms with Gasteiger partial charge < -0.3 is 10.1 Å². The molecular formula is C10H9ClFNO2. The molecule has 1 aromatic carbocycles. The van der Waals surface area contributed by atoms with Crippen LogP contribution in [0.1, 0.15) is 5.56 Å². The number of fused-ring (bicyclic) bond motifs is 1. The highest BCUT2D eigenvalue weighted by molar-refractivity contribution is 6.18. The van der Waals surface area contributed by atoms with Gasteiger partial charge in [0.25, 0.3) is 5.91 Å². The van der Waals surface area contributed by atoms with Gasteiger partial charge in [0.1, 0.15) is 11.4 Å². The van der Waals surface area contributed by atoms with Crippen molar-refractivity contribution in [1.29, 1.82) is 0 Å². The first-order chi connectivity index (χ1) is 7.22. The lowest BCUT2D eigenvalue weighted by atomic mass is 10.1. The summed E-state index contributed by atoms with van der Waals surface area (Å²) in [5, 5.41) is 2.44. The molecule has 0 atom stereocenters. The molecule has 2 rings (SSSR count). The zero-order valence-corrected chi connectivity index (χ0v) is 8.60. The van der Waals surface area contributed by atoms with Crippen molar-refractivity contribution in [3.8, 4) is 5.75 Å². The van der Waals surface area contributed by atoms with Gasteiger partial charge in [-0.25, -0.2) is 4.39 Å². The Labute approximate surface area is 91.2 Å². The average Bonchev–Trinajstić information content (AvgIpc) is 2.23. The zero-order chi connectivity index (χ0) is 10.8. The van der Waals surface area contributed by atoms with E-state index in [0.717, 1.165) is 0 Å². The molecule has 0 unspecified atom stereocenters. The van der Waals surface area contributed by atoms with E-state index in [1.165, 1.54) is 0 Å². The smallest absolute Gasteiger partial charge is 0.262 e. The van der Waals surface area contributed by atoms with Crippen LogP contribution in [0.25, 0.3) is 0 Å². The molecule has 0 bridgehead atoms. The summed E-state index contributed by atoms with van der Waals surface area (Å²) in [7, 11) is 0. The van der Waals surface area contributed by atoms with Crippen molar-refractivity contribution in [3.63, 3.8) is 0 Å². The van der Waals surface area contributed by atoms with Crippen LogP contribution in [0.5, 0.6) is 5.75 Å². The van der Waals surface area contributed by atoms with Crippen molar-refractivity contribution in [1.82, 2.24) is 0 Å². The Morgan fingerprint density at radius 2 is 2.33 bits per heavy atom. The Morgan fingerprint density at radius 3 is 3.07 bits per heavy atom. The van der Waals surface area contributed by atoms with Gasteiger partial charge >= 0.3 is 0 Å². The number of benzene rings is 1. The van der Waals surface area contributed by atoms with E-state index in [1.807, 2.05) is 0 Å². The normalized spacial score (nSPS) is 14.1. The van der Waals surface area contributed by atoms with Crippen LogP contribution in [0, 0.1) is 5.82 Å². The number of halogens is 2. The molecular weight excluding hydrogens is 221 g/mol. The first-order valence-electron chi connectivity index (χ1n) is 4.52. The molecule has 0 radical (unpaired) electrons. The molecule has 0 spiro atoms. The fourth-order valence-electron chi connectivity index (χ4n) is 1.45. The molecule has 1 N–H and O–H groups in total. The summed E-state index contributed by atoms with van der Waals surface area (Å²) >= 11 is 5.53. The van der Waals surface area contributed by atoms with Crippen molar-refractivity contribution in [3.05, 3.63) is 23.5 Å². The molecule has 0 fully saturated rings. The van der Waals surface area contributed by atoms with Crippen LogP contribution < -0.4 is 10.1 Å². The summed E-state index contributed by atoms with van der Waals surface area (Å²) in [6, 6.07) is 3.26. The number of nitrogens with one attached hydrogen (secondary N) is 1. The zero-order valence-electron chi connectivity index (χ0n) is 7.85. The summed E-state index contributed by atoms with van der Waals surface area (Å²) in [5.74, 6) is -0.0964. The maximum absolute atomic E-state index is 13.8. The molecule has 1 aliphatic rings. The SMILES string of the molecule is O=C1COc2ccc(CCCl)c(F)c2N1. The highest BCUT2D eigenvalue weighted by Crippen LogP contribution is 2.32. The van der Waals surface area contributed by atoms with Gasteiger partial charge in [-0.1, -0.05) is 6.07 Å². The molecule has 5 heteroatoms. The Morgan fingerprint density at radius 1 is 1.53 bits per heavy atom. The number of amides is 1. The summed E-state index contributed by atoms with van der Waals surface area (Å²) in [6.07, 6.45) is 0.427. The molecule has 0 saturated heterocycles. The van der Waals surface area contributed by atoms with E-state index in [-0.39, 0.29) is 18.2 Å². The van der Waals surface area contributed by atoms with E-state index in [0.29, 0.717) is 23.6 Å². The minimum absolute atomic E-state index is 0.0682. The number of rotatable bonds is 2. The summed E-state index contributed by atoms with van der Waals surface area (Å²) in [4.78, 5) is 11.0. The Bertz CT molecular complexity index is 409. The topological polar surface area (TPSA) is 38.3 Å². The van der Waals surface area contributed by atoms with Crippen molar-refractivity contribution in [2.75, 3.05) is 17.8 Å². The van der Waals surface area contributed by atoms with E-state index in [1.54, 1.807) is 12.1 Å². The van der Waals surface area contributed by atoms with Gasteiger partial charge in [0.2, 0.25) is 0 Å². The van der Waals surface area contributed by atoms with Gasteiger partial charge in [0.05, 0.1) is 0 Å². The van der Waals surface area contributed by atoms with Crippen molar-refractivity contribution >= 4 is 23.2 Å². The predicted molar refractivity (Wildman–Crippen MR) is 54.9 cm³/mol. The summed E-state index contributed by atoms with van der Waals surface area (Å²) in [5.41, 5.74) is 0.600. The van der Waals surface area contributed by atoms with Crippen LogP contribution in [-0.4, -0.2) is 18.4 Å².